The molecule has 0 fully saturated rings. The van der Waals surface area contributed by atoms with Gasteiger partial charge in [-0.25, -0.2) is 0 Å². The molecule has 2 aromatic rings. The smallest absolute Gasteiger partial charge is 0.221 e. The third-order valence-electron chi connectivity index (χ3n) is 3.76. The zero-order chi connectivity index (χ0) is 17.0. The van der Waals surface area contributed by atoms with Gasteiger partial charge < -0.3 is 5.32 Å². The van der Waals surface area contributed by atoms with E-state index in [-0.39, 0.29) is 11.7 Å². The number of carbonyl (C=O) groups excluding carboxylic acids is 2. The van der Waals surface area contributed by atoms with Gasteiger partial charge in [0.2, 0.25) is 5.91 Å². The predicted octanol–water partition coefficient (Wildman–Crippen LogP) is 4.47. The number of anilines is 1. The fourth-order valence-electron chi connectivity index (χ4n) is 2.37. The molecule has 23 heavy (non-hydrogen) atoms. The predicted molar refractivity (Wildman–Crippen MR) is 94.8 cm³/mol. The first kappa shape index (κ1) is 16.7. The number of rotatable bonds is 4. The van der Waals surface area contributed by atoms with Crippen molar-refractivity contribution in [2.45, 2.75) is 27.7 Å². The Morgan fingerprint density at radius 2 is 1.52 bits per heavy atom. The van der Waals surface area contributed by atoms with Gasteiger partial charge >= 0.3 is 0 Å². The van der Waals surface area contributed by atoms with E-state index in [2.05, 4.69) is 5.32 Å². The molecule has 0 atom stereocenters. The molecule has 2 rings (SSSR count). The number of amides is 1. The summed E-state index contributed by atoms with van der Waals surface area (Å²) in [5.74, 6) is -0.106. The van der Waals surface area contributed by atoms with Crippen LogP contribution in [-0.2, 0) is 4.79 Å². The molecule has 3 heteroatoms. The second kappa shape index (κ2) is 7.05. The number of nitrogens with one attached hydrogen (secondary N) is 1. The molecular weight excluding hydrogens is 286 g/mol. The standard InChI is InChI=1S/C20H21NO2/c1-13-11-15(3)19(12-14(13)2)20(23)10-7-17-5-8-18(9-6-17)21-16(4)22/h5-12H,1-4H3,(H,21,22)/b10-7+. The van der Waals surface area contributed by atoms with Gasteiger partial charge in [-0.3, -0.25) is 9.59 Å². The topological polar surface area (TPSA) is 46.2 Å². The molecule has 0 bridgehead atoms. The molecular formula is C20H21NO2. The Balaban J connectivity index is 2.15. The van der Waals surface area contributed by atoms with Crippen molar-refractivity contribution in [3.63, 3.8) is 0 Å². The largest absolute Gasteiger partial charge is 0.326 e. The Hall–Kier alpha value is -2.68. The summed E-state index contributed by atoms with van der Waals surface area (Å²) in [7, 11) is 0. The summed E-state index contributed by atoms with van der Waals surface area (Å²) < 4.78 is 0. The van der Waals surface area contributed by atoms with Crippen molar-refractivity contribution in [2.75, 3.05) is 5.32 Å². The van der Waals surface area contributed by atoms with Crippen molar-refractivity contribution in [3.8, 4) is 0 Å². The highest BCUT2D eigenvalue weighted by molar-refractivity contribution is 6.08. The fraction of sp³-hybridized carbons (Fsp3) is 0.200. The maximum atomic E-state index is 12.4. The van der Waals surface area contributed by atoms with E-state index in [1.54, 1.807) is 12.2 Å². The average Bonchev–Trinajstić information content (AvgIpc) is 2.49. The number of hydrogen-bond donors (Lipinski definition) is 1. The van der Waals surface area contributed by atoms with Crippen LogP contribution in [0.2, 0.25) is 0 Å². The van der Waals surface area contributed by atoms with Gasteiger partial charge in [-0.1, -0.05) is 24.3 Å². The minimum absolute atomic E-state index is 0.00321. The average molecular weight is 307 g/mol. The van der Waals surface area contributed by atoms with Crippen molar-refractivity contribution in [3.05, 3.63) is 70.3 Å². The van der Waals surface area contributed by atoms with E-state index in [1.165, 1.54) is 12.5 Å². The number of ketones is 1. The van der Waals surface area contributed by atoms with Crippen LogP contribution in [0.1, 0.15) is 39.5 Å². The number of aryl methyl sites for hydroxylation is 3. The Bertz CT molecular complexity index is 771. The van der Waals surface area contributed by atoms with Crippen molar-refractivity contribution >= 4 is 23.5 Å². The van der Waals surface area contributed by atoms with Crippen LogP contribution in [0.25, 0.3) is 6.08 Å². The van der Waals surface area contributed by atoms with Gasteiger partial charge in [-0.15, -0.1) is 0 Å². The van der Waals surface area contributed by atoms with Crippen LogP contribution in [0.3, 0.4) is 0 Å². The Morgan fingerprint density at radius 3 is 2.13 bits per heavy atom. The Kier molecular flexibility index (Phi) is 5.12. The SMILES string of the molecule is CC(=O)Nc1ccc(/C=C/C(=O)c2cc(C)c(C)cc2C)cc1. The maximum Gasteiger partial charge on any atom is 0.221 e. The highest BCUT2D eigenvalue weighted by Crippen LogP contribution is 2.17. The summed E-state index contributed by atoms with van der Waals surface area (Å²) in [4.78, 5) is 23.4. The van der Waals surface area contributed by atoms with Crippen LogP contribution < -0.4 is 5.32 Å². The quantitative estimate of drug-likeness (QED) is 0.669. The zero-order valence-electron chi connectivity index (χ0n) is 13.9. The summed E-state index contributed by atoms with van der Waals surface area (Å²) >= 11 is 0. The van der Waals surface area contributed by atoms with E-state index in [0.717, 1.165) is 27.9 Å². The summed E-state index contributed by atoms with van der Waals surface area (Å²) in [6.45, 7) is 7.48. The minimum atomic E-state index is -0.103. The lowest BCUT2D eigenvalue weighted by Gasteiger charge is -2.07. The van der Waals surface area contributed by atoms with Crippen LogP contribution in [0.5, 0.6) is 0 Å². The lowest BCUT2D eigenvalue weighted by atomic mass is 9.97. The molecule has 1 N–H and O–H groups in total. The summed E-state index contributed by atoms with van der Waals surface area (Å²) in [6.07, 6.45) is 3.37. The molecule has 3 nitrogen and oxygen atoms in total. The van der Waals surface area contributed by atoms with E-state index in [9.17, 15) is 9.59 Å². The Morgan fingerprint density at radius 1 is 0.913 bits per heavy atom. The minimum Gasteiger partial charge on any atom is -0.326 e. The van der Waals surface area contributed by atoms with Crippen molar-refractivity contribution in [1.29, 1.82) is 0 Å². The number of carbonyl (C=O) groups is 2. The molecule has 0 unspecified atom stereocenters. The molecule has 1 amide bonds. The summed E-state index contributed by atoms with van der Waals surface area (Å²) in [5.41, 5.74) is 5.69. The van der Waals surface area contributed by atoms with Crippen LogP contribution in [0.15, 0.2) is 42.5 Å². The molecule has 0 heterocycles. The third-order valence-corrected chi connectivity index (χ3v) is 3.76. The van der Waals surface area contributed by atoms with E-state index in [4.69, 9.17) is 0 Å². The van der Waals surface area contributed by atoms with E-state index in [1.807, 2.05) is 57.2 Å². The summed E-state index contributed by atoms with van der Waals surface area (Å²) in [5, 5.41) is 2.71. The number of benzene rings is 2. The molecule has 0 aromatic heterocycles. The lowest BCUT2D eigenvalue weighted by molar-refractivity contribution is -0.114. The fourth-order valence-corrected chi connectivity index (χ4v) is 2.37. The van der Waals surface area contributed by atoms with Crippen molar-refractivity contribution in [2.24, 2.45) is 0 Å². The van der Waals surface area contributed by atoms with Crippen molar-refractivity contribution < 1.29 is 9.59 Å². The van der Waals surface area contributed by atoms with Gasteiger partial charge in [0.1, 0.15) is 0 Å². The van der Waals surface area contributed by atoms with Crippen molar-refractivity contribution in [1.82, 2.24) is 0 Å². The summed E-state index contributed by atoms with van der Waals surface area (Å²) in [6, 6.07) is 11.3. The van der Waals surface area contributed by atoms with Crippen LogP contribution in [0.4, 0.5) is 5.69 Å². The second-order valence-corrected chi connectivity index (χ2v) is 5.75. The molecule has 0 aliphatic heterocycles. The first-order chi connectivity index (χ1) is 10.9. The molecule has 2 aromatic carbocycles. The first-order valence-corrected chi connectivity index (χ1v) is 7.54. The monoisotopic (exact) mass is 307 g/mol. The zero-order valence-corrected chi connectivity index (χ0v) is 13.9. The van der Waals surface area contributed by atoms with Gasteiger partial charge in [0.05, 0.1) is 0 Å². The van der Waals surface area contributed by atoms with Gasteiger partial charge in [0, 0.05) is 18.2 Å². The molecule has 118 valence electrons. The van der Waals surface area contributed by atoms with Crippen LogP contribution in [0, 0.1) is 20.8 Å². The maximum absolute atomic E-state index is 12.4. The molecule has 0 saturated carbocycles. The van der Waals surface area contributed by atoms with E-state index in [0.29, 0.717) is 0 Å². The van der Waals surface area contributed by atoms with E-state index < -0.39 is 0 Å². The molecule has 0 radical (unpaired) electrons. The highest BCUT2D eigenvalue weighted by Gasteiger charge is 2.07. The van der Waals surface area contributed by atoms with Gasteiger partial charge in [-0.05, 0) is 67.3 Å². The molecule has 0 aliphatic carbocycles. The molecule has 0 spiro atoms. The normalized spacial score (nSPS) is 10.8. The van der Waals surface area contributed by atoms with Crippen LogP contribution in [-0.4, -0.2) is 11.7 Å². The lowest BCUT2D eigenvalue weighted by Crippen LogP contribution is -2.05. The van der Waals surface area contributed by atoms with Crippen LogP contribution >= 0.6 is 0 Å². The van der Waals surface area contributed by atoms with Gasteiger partial charge in [0.15, 0.2) is 5.78 Å². The van der Waals surface area contributed by atoms with Gasteiger partial charge in [-0.2, -0.15) is 0 Å². The molecule has 0 aliphatic rings. The van der Waals surface area contributed by atoms with E-state index >= 15 is 0 Å². The Labute approximate surface area is 137 Å². The van der Waals surface area contributed by atoms with Gasteiger partial charge in [0.25, 0.3) is 0 Å². The second-order valence-electron chi connectivity index (χ2n) is 5.75. The highest BCUT2D eigenvalue weighted by atomic mass is 16.1. The third kappa shape index (κ3) is 4.39. The molecule has 0 saturated heterocycles. The first-order valence-electron chi connectivity index (χ1n) is 7.54. The number of hydrogen-bond acceptors (Lipinski definition) is 2. The number of allylic oxidation sites excluding steroid dienone is 1.